The van der Waals surface area contributed by atoms with Gasteiger partial charge in [0.2, 0.25) is 0 Å². The third-order valence-electron chi connectivity index (χ3n) is 5.50. The van der Waals surface area contributed by atoms with Crippen LogP contribution in [0.3, 0.4) is 0 Å². The van der Waals surface area contributed by atoms with Gasteiger partial charge in [-0.2, -0.15) is 0 Å². The Labute approximate surface area is 157 Å². The molecule has 3 saturated heterocycles. The van der Waals surface area contributed by atoms with E-state index in [1.54, 1.807) is 30.3 Å². The van der Waals surface area contributed by atoms with Gasteiger partial charge in [0.05, 0.1) is 5.02 Å². The van der Waals surface area contributed by atoms with Gasteiger partial charge in [0.15, 0.2) is 5.76 Å². The van der Waals surface area contributed by atoms with Gasteiger partial charge in [-0.1, -0.05) is 23.2 Å². The van der Waals surface area contributed by atoms with E-state index in [4.69, 9.17) is 27.6 Å². The van der Waals surface area contributed by atoms with Crippen LogP contribution in [0, 0.1) is 5.92 Å². The summed E-state index contributed by atoms with van der Waals surface area (Å²) in [6.45, 7) is 4.47. The minimum Gasteiger partial charge on any atom is -0.451 e. The van der Waals surface area contributed by atoms with Gasteiger partial charge in [-0.25, -0.2) is 0 Å². The van der Waals surface area contributed by atoms with Crippen LogP contribution in [0.4, 0.5) is 0 Å². The monoisotopic (exact) mass is 378 g/mol. The third-order valence-corrected chi connectivity index (χ3v) is 6.05. The number of nitrogens with one attached hydrogen (secondary N) is 1. The quantitative estimate of drug-likeness (QED) is 0.856. The zero-order valence-corrected chi connectivity index (χ0v) is 15.5. The topological polar surface area (TPSA) is 45.5 Å². The van der Waals surface area contributed by atoms with E-state index >= 15 is 0 Å². The smallest absolute Gasteiger partial charge is 0.287 e. The van der Waals surface area contributed by atoms with E-state index in [9.17, 15) is 4.79 Å². The fourth-order valence-electron chi connectivity index (χ4n) is 4.06. The summed E-state index contributed by atoms with van der Waals surface area (Å²) in [6, 6.07) is 9.22. The van der Waals surface area contributed by atoms with Crippen molar-refractivity contribution in [3.05, 3.63) is 46.1 Å². The molecule has 3 fully saturated rings. The van der Waals surface area contributed by atoms with E-state index in [2.05, 4.69) is 17.1 Å². The maximum Gasteiger partial charge on any atom is 0.287 e. The molecule has 1 aromatic carbocycles. The van der Waals surface area contributed by atoms with Crippen molar-refractivity contribution in [3.8, 4) is 11.3 Å². The number of benzene rings is 1. The van der Waals surface area contributed by atoms with Gasteiger partial charge in [-0.05, 0) is 69.1 Å². The zero-order chi connectivity index (χ0) is 17.6. The SMILES string of the molecule is C[C@H]1[C@H](NC(=O)c2ccc(-c3ccc(Cl)cc3Cl)o2)C2CCN1CC2. The molecule has 4 nitrogen and oxygen atoms in total. The molecular formula is C19H20Cl2N2O2. The first-order valence-corrected chi connectivity index (χ1v) is 9.38. The van der Waals surface area contributed by atoms with Crippen molar-refractivity contribution in [3.63, 3.8) is 0 Å². The number of amides is 1. The molecule has 1 aromatic heterocycles. The average Bonchev–Trinajstić information content (AvgIpc) is 3.08. The van der Waals surface area contributed by atoms with E-state index < -0.39 is 0 Å². The Kier molecular flexibility index (Phi) is 4.52. The molecule has 132 valence electrons. The van der Waals surface area contributed by atoms with Crippen molar-refractivity contribution in [2.24, 2.45) is 5.92 Å². The summed E-state index contributed by atoms with van der Waals surface area (Å²) in [5.74, 6) is 1.27. The van der Waals surface area contributed by atoms with Gasteiger partial charge in [-0.3, -0.25) is 9.69 Å². The molecule has 3 aliphatic rings. The first kappa shape index (κ1) is 17.0. The maximum absolute atomic E-state index is 12.6. The van der Waals surface area contributed by atoms with E-state index in [1.807, 2.05) is 0 Å². The number of fused-ring (bicyclic) bond motifs is 3. The highest BCUT2D eigenvalue weighted by Crippen LogP contribution is 2.33. The van der Waals surface area contributed by atoms with Crippen LogP contribution < -0.4 is 5.32 Å². The highest BCUT2D eigenvalue weighted by Gasteiger charge is 2.40. The summed E-state index contributed by atoms with van der Waals surface area (Å²) in [6.07, 6.45) is 2.30. The molecule has 5 rings (SSSR count). The second kappa shape index (κ2) is 6.67. The number of carbonyl (C=O) groups is 1. The molecule has 2 atom stereocenters. The molecule has 0 aliphatic carbocycles. The zero-order valence-electron chi connectivity index (χ0n) is 14.0. The van der Waals surface area contributed by atoms with Crippen LogP contribution >= 0.6 is 23.2 Å². The van der Waals surface area contributed by atoms with Crippen LogP contribution in [0.1, 0.15) is 30.3 Å². The summed E-state index contributed by atoms with van der Waals surface area (Å²) in [5, 5.41) is 4.24. The molecule has 1 N–H and O–H groups in total. The highest BCUT2D eigenvalue weighted by atomic mass is 35.5. The number of rotatable bonds is 3. The van der Waals surface area contributed by atoms with Crippen molar-refractivity contribution >= 4 is 29.1 Å². The summed E-state index contributed by atoms with van der Waals surface area (Å²) in [5.41, 5.74) is 0.723. The number of hydrogen-bond donors (Lipinski definition) is 1. The van der Waals surface area contributed by atoms with E-state index in [1.165, 1.54) is 0 Å². The lowest BCUT2D eigenvalue weighted by atomic mass is 9.79. The Morgan fingerprint density at radius 1 is 1.20 bits per heavy atom. The van der Waals surface area contributed by atoms with Gasteiger partial charge in [0, 0.05) is 22.7 Å². The Morgan fingerprint density at radius 2 is 1.96 bits per heavy atom. The van der Waals surface area contributed by atoms with E-state index in [0.29, 0.717) is 33.5 Å². The summed E-state index contributed by atoms with van der Waals surface area (Å²) < 4.78 is 5.76. The molecule has 0 saturated carbocycles. The summed E-state index contributed by atoms with van der Waals surface area (Å²) in [4.78, 5) is 15.1. The standard InChI is InChI=1S/C19H20Cl2N2O2/c1-11-18(12-6-8-23(11)9-7-12)22-19(24)17-5-4-16(25-17)14-3-2-13(20)10-15(14)21/h2-5,10-12,18H,6-9H2,1H3,(H,22,24)/t11-,18-/m0/s1. The molecule has 4 heterocycles. The van der Waals surface area contributed by atoms with E-state index in [-0.39, 0.29) is 11.9 Å². The predicted molar refractivity (Wildman–Crippen MR) is 99.2 cm³/mol. The number of piperidine rings is 3. The Hall–Kier alpha value is -1.49. The number of halogens is 2. The Bertz CT molecular complexity index is 794. The van der Waals surface area contributed by atoms with Crippen LogP contribution in [-0.4, -0.2) is 36.0 Å². The highest BCUT2D eigenvalue weighted by molar-refractivity contribution is 6.36. The van der Waals surface area contributed by atoms with Crippen molar-refractivity contribution < 1.29 is 9.21 Å². The van der Waals surface area contributed by atoms with Crippen LogP contribution in [-0.2, 0) is 0 Å². The van der Waals surface area contributed by atoms with Gasteiger partial charge < -0.3 is 9.73 Å². The van der Waals surface area contributed by atoms with Crippen molar-refractivity contribution in [2.45, 2.75) is 31.8 Å². The van der Waals surface area contributed by atoms with Gasteiger partial charge in [0.25, 0.3) is 5.91 Å². The lowest BCUT2D eigenvalue weighted by molar-refractivity contribution is 0.0211. The van der Waals surface area contributed by atoms with Crippen LogP contribution in [0.15, 0.2) is 34.7 Å². The fraction of sp³-hybridized carbons (Fsp3) is 0.421. The van der Waals surface area contributed by atoms with Crippen molar-refractivity contribution in [1.82, 2.24) is 10.2 Å². The lowest BCUT2D eigenvalue weighted by Crippen LogP contribution is -2.62. The lowest BCUT2D eigenvalue weighted by Gasteiger charge is -2.49. The molecule has 0 radical (unpaired) electrons. The first-order valence-electron chi connectivity index (χ1n) is 8.63. The summed E-state index contributed by atoms with van der Waals surface area (Å²) >= 11 is 12.1. The number of carbonyl (C=O) groups excluding carboxylic acids is 1. The fourth-order valence-corrected chi connectivity index (χ4v) is 4.56. The average molecular weight is 379 g/mol. The minimum atomic E-state index is -0.165. The van der Waals surface area contributed by atoms with Crippen LogP contribution in [0.5, 0.6) is 0 Å². The van der Waals surface area contributed by atoms with Crippen molar-refractivity contribution in [2.75, 3.05) is 13.1 Å². The second-order valence-corrected chi connectivity index (χ2v) is 7.74. The molecule has 1 amide bonds. The predicted octanol–water partition coefficient (Wildman–Crippen LogP) is 4.47. The molecule has 3 aliphatic heterocycles. The van der Waals surface area contributed by atoms with Gasteiger partial charge in [-0.15, -0.1) is 0 Å². The molecule has 2 bridgehead atoms. The van der Waals surface area contributed by atoms with E-state index in [0.717, 1.165) is 31.5 Å². The summed E-state index contributed by atoms with van der Waals surface area (Å²) in [7, 11) is 0. The molecule has 2 aromatic rings. The largest absolute Gasteiger partial charge is 0.451 e. The van der Waals surface area contributed by atoms with Crippen molar-refractivity contribution in [1.29, 1.82) is 0 Å². The van der Waals surface area contributed by atoms with Crippen LogP contribution in [0.25, 0.3) is 11.3 Å². The Balaban J connectivity index is 1.51. The maximum atomic E-state index is 12.6. The first-order chi connectivity index (χ1) is 12.0. The normalized spacial score (nSPS) is 28.1. The van der Waals surface area contributed by atoms with Crippen LogP contribution in [0.2, 0.25) is 10.0 Å². The number of hydrogen-bond acceptors (Lipinski definition) is 3. The molecule has 6 heteroatoms. The number of nitrogens with zero attached hydrogens (tertiary/aromatic N) is 1. The Morgan fingerprint density at radius 3 is 2.64 bits per heavy atom. The van der Waals surface area contributed by atoms with Gasteiger partial charge in [0.1, 0.15) is 5.76 Å². The molecule has 0 spiro atoms. The molecular weight excluding hydrogens is 359 g/mol. The third kappa shape index (κ3) is 3.19. The molecule has 0 unspecified atom stereocenters. The number of furan rings is 1. The van der Waals surface area contributed by atoms with Gasteiger partial charge >= 0.3 is 0 Å². The second-order valence-electron chi connectivity index (χ2n) is 6.90. The molecule has 25 heavy (non-hydrogen) atoms. The minimum absolute atomic E-state index is 0.165.